The SMILES string of the molecule is COCc1nc(N)cc(-c2ccc(OC)c(OC)c2)n1. The summed E-state index contributed by atoms with van der Waals surface area (Å²) in [5, 5.41) is 0. The minimum absolute atomic E-state index is 0.311. The molecular formula is C14H17N3O3. The zero-order chi connectivity index (χ0) is 14.5. The number of nitrogens with two attached hydrogens (primary N) is 1. The van der Waals surface area contributed by atoms with Gasteiger partial charge in [-0.3, -0.25) is 0 Å². The number of anilines is 1. The molecule has 0 spiro atoms. The predicted molar refractivity (Wildman–Crippen MR) is 75.7 cm³/mol. The lowest BCUT2D eigenvalue weighted by molar-refractivity contribution is 0.178. The highest BCUT2D eigenvalue weighted by Crippen LogP contribution is 2.31. The molecule has 1 aromatic heterocycles. The first-order valence-corrected chi connectivity index (χ1v) is 6.02. The fourth-order valence-corrected chi connectivity index (χ4v) is 1.85. The normalized spacial score (nSPS) is 10.3. The average molecular weight is 275 g/mol. The summed E-state index contributed by atoms with van der Waals surface area (Å²) in [5.41, 5.74) is 7.37. The summed E-state index contributed by atoms with van der Waals surface area (Å²) >= 11 is 0. The molecule has 0 aliphatic carbocycles. The molecule has 6 nitrogen and oxygen atoms in total. The minimum atomic E-state index is 0.311. The standard InChI is InChI=1S/C14H17N3O3/c1-18-8-14-16-10(7-13(15)17-14)9-4-5-11(19-2)12(6-9)20-3/h4-7H,8H2,1-3H3,(H2,15,16,17). The maximum Gasteiger partial charge on any atom is 0.161 e. The zero-order valence-corrected chi connectivity index (χ0v) is 11.7. The number of hydrogen-bond acceptors (Lipinski definition) is 6. The second kappa shape index (κ2) is 6.21. The Morgan fingerprint density at radius 3 is 2.40 bits per heavy atom. The summed E-state index contributed by atoms with van der Waals surface area (Å²) in [6, 6.07) is 7.26. The minimum Gasteiger partial charge on any atom is -0.493 e. The van der Waals surface area contributed by atoms with Gasteiger partial charge < -0.3 is 19.9 Å². The van der Waals surface area contributed by atoms with Gasteiger partial charge in [-0.05, 0) is 18.2 Å². The van der Waals surface area contributed by atoms with Crippen LogP contribution in [0.1, 0.15) is 5.82 Å². The molecule has 0 radical (unpaired) electrons. The molecule has 106 valence electrons. The highest BCUT2D eigenvalue weighted by Gasteiger charge is 2.09. The molecule has 0 saturated heterocycles. The van der Waals surface area contributed by atoms with Crippen LogP contribution in [0, 0.1) is 0 Å². The van der Waals surface area contributed by atoms with Crippen molar-refractivity contribution < 1.29 is 14.2 Å². The van der Waals surface area contributed by atoms with Gasteiger partial charge in [0.25, 0.3) is 0 Å². The van der Waals surface area contributed by atoms with Crippen LogP contribution >= 0.6 is 0 Å². The van der Waals surface area contributed by atoms with E-state index >= 15 is 0 Å². The highest BCUT2D eigenvalue weighted by atomic mass is 16.5. The molecule has 0 unspecified atom stereocenters. The lowest BCUT2D eigenvalue weighted by Gasteiger charge is -2.10. The summed E-state index contributed by atoms with van der Waals surface area (Å²) in [6.07, 6.45) is 0. The molecular weight excluding hydrogens is 258 g/mol. The zero-order valence-electron chi connectivity index (χ0n) is 11.7. The van der Waals surface area contributed by atoms with E-state index in [1.807, 2.05) is 18.2 Å². The van der Waals surface area contributed by atoms with Crippen molar-refractivity contribution in [3.63, 3.8) is 0 Å². The molecule has 0 atom stereocenters. The van der Waals surface area contributed by atoms with E-state index in [2.05, 4.69) is 9.97 Å². The number of methoxy groups -OCH3 is 3. The summed E-state index contributed by atoms with van der Waals surface area (Å²) in [4.78, 5) is 8.52. The quantitative estimate of drug-likeness (QED) is 0.897. The molecule has 2 aromatic rings. The van der Waals surface area contributed by atoms with Crippen molar-refractivity contribution in [1.82, 2.24) is 9.97 Å². The van der Waals surface area contributed by atoms with Gasteiger partial charge in [-0.2, -0.15) is 0 Å². The fourth-order valence-electron chi connectivity index (χ4n) is 1.85. The van der Waals surface area contributed by atoms with Gasteiger partial charge in [-0.15, -0.1) is 0 Å². The van der Waals surface area contributed by atoms with Crippen molar-refractivity contribution in [3.05, 3.63) is 30.1 Å². The van der Waals surface area contributed by atoms with E-state index in [4.69, 9.17) is 19.9 Å². The van der Waals surface area contributed by atoms with E-state index in [0.29, 0.717) is 35.4 Å². The Morgan fingerprint density at radius 2 is 1.75 bits per heavy atom. The second-order valence-corrected chi connectivity index (χ2v) is 4.10. The molecule has 0 aliphatic heterocycles. The van der Waals surface area contributed by atoms with Crippen LogP contribution in [-0.4, -0.2) is 31.3 Å². The van der Waals surface area contributed by atoms with Gasteiger partial charge in [-0.1, -0.05) is 0 Å². The monoisotopic (exact) mass is 275 g/mol. The van der Waals surface area contributed by atoms with Crippen LogP contribution in [0.25, 0.3) is 11.3 Å². The predicted octanol–water partition coefficient (Wildman–Crippen LogP) is 1.89. The van der Waals surface area contributed by atoms with E-state index in [-0.39, 0.29) is 0 Å². The number of aromatic nitrogens is 2. The molecule has 0 saturated carbocycles. The third kappa shape index (κ3) is 2.97. The van der Waals surface area contributed by atoms with Gasteiger partial charge in [0.1, 0.15) is 12.4 Å². The molecule has 0 fully saturated rings. The summed E-state index contributed by atoms with van der Waals surface area (Å²) < 4.78 is 15.5. The average Bonchev–Trinajstić information content (AvgIpc) is 2.46. The lowest BCUT2D eigenvalue weighted by atomic mass is 10.1. The van der Waals surface area contributed by atoms with Gasteiger partial charge in [-0.25, -0.2) is 9.97 Å². The van der Waals surface area contributed by atoms with Gasteiger partial charge in [0.05, 0.1) is 19.9 Å². The van der Waals surface area contributed by atoms with E-state index in [1.54, 1.807) is 27.4 Å². The fraction of sp³-hybridized carbons (Fsp3) is 0.286. The summed E-state index contributed by atoms with van der Waals surface area (Å²) in [5.74, 6) is 2.24. The van der Waals surface area contributed by atoms with Gasteiger partial charge in [0, 0.05) is 18.7 Å². The number of nitrogens with zero attached hydrogens (tertiary/aromatic N) is 2. The Bertz CT molecular complexity index is 602. The first-order valence-electron chi connectivity index (χ1n) is 6.02. The third-order valence-corrected chi connectivity index (χ3v) is 2.75. The molecule has 2 N–H and O–H groups in total. The number of hydrogen-bond donors (Lipinski definition) is 1. The topological polar surface area (TPSA) is 79.5 Å². The third-order valence-electron chi connectivity index (χ3n) is 2.75. The molecule has 6 heteroatoms. The van der Waals surface area contributed by atoms with E-state index < -0.39 is 0 Å². The number of rotatable bonds is 5. The van der Waals surface area contributed by atoms with Crippen LogP contribution in [0.3, 0.4) is 0 Å². The first-order chi connectivity index (χ1) is 9.67. The maximum atomic E-state index is 5.79. The van der Waals surface area contributed by atoms with Crippen molar-refractivity contribution in [1.29, 1.82) is 0 Å². The molecule has 2 rings (SSSR count). The van der Waals surface area contributed by atoms with E-state index in [0.717, 1.165) is 5.56 Å². The van der Waals surface area contributed by atoms with Crippen LogP contribution in [0.5, 0.6) is 11.5 Å². The lowest BCUT2D eigenvalue weighted by Crippen LogP contribution is -2.02. The van der Waals surface area contributed by atoms with Gasteiger partial charge in [0.15, 0.2) is 17.3 Å². The molecule has 0 amide bonds. The summed E-state index contributed by atoms with van der Waals surface area (Å²) in [6.45, 7) is 0.311. The summed E-state index contributed by atoms with van der Waals surface area (Å²) in [7, 11) is 4.77. The van der Waals surface area contributed by atoms with Crippen LogP contribution < -0.4 is 15.2 Å². The number of benzene rings is 1. The molecule has 0 aliphatic rings. The van der Waals surface area contributed by atoms with Crippen LogP contribution in [0.15, 0.2) is 24.3 Å². The van der Waals surface area contributed by atoms with Crippen molar-refractivity contribution in [2.24, 2.45) is 0 Å². The van der Waals surface area contributed by atoms with Crippen molar-refractivity contribution in [2.45, 2.75) is 6.61 Å². The largest absolute Gasteiger partial charge is 0.493 e. The smallest absolute Gasteiger partial charge is 0.161 e. The Hall–Kier alpha value is -2.34. The van der Waals surface area contributed by atoms with Crippen LogP contribution in [0.4, 0.5) is 5.82 Å². The van der Waals surface area contributed by atoms with Crippen LogP contribution in [-0.2, 0) is 11.3 Å². The van der Waals surface area contributed by atoms with Gasteiger partial charge >= 0.3 is 0 Å². The first kappa shape index (κ1) is 14.1. The van der Waals surface area contributed by atoms with Crippen molar-refractivity contribution in [2.75, 3.05) is 27.1 Å². The van der Waals surface area contributed by atoms with Gasteiger partial charge in [0.2, 0.25) is 0 Å². The molecule has 20 heavy (non-hydrogen) atoms. The van der Waals surface area contributed by atoms with E-state index in [1.165, 1.54) is 0 Å². The van der Waals surface area contributed by atoms with Crippen molar-refractivity contribution in [3.8, 4) is 22.8 Å². The number of nitrogen functional groups attached to an aromatic ring is 1. The Morgan fingerprint density at radius 1 is 1.00 bits per heavy atom. The molecule has 1 aromatic carbocycles. The molecule has 1 heterocycles. The Labute approximate surface area is 117 Å². The Kier molecular flexibility index (Phi) is 4.37. The number of ether oxygens (including phenoxy) is 3. The van der Waals surface area contributed by atoms with Crippen LogP contribution in [0.2, 0.25) is 0 Å². The maximum absolute atomic E-state index is 5.79. The highest BCUT2D eigenvalue weighted by molar-refractivity contribution is 5.65. The molecule has 0 bridgehead atoms. The second-order valence-electron chi connectivity index (χ2n) is 4.10. The van der Waals surface area contributed by atoms with Crippen molar-refractivity contribution >= 4 is 5.82 Å². The van der Waals surface area contributed by atoms with E-state index in [9.17, 15) is 0 Å². The Balaban J connectivity index is 2.45.